The Labute approximate surface area is 302 Å². The Hall–Kier alpha value is -0.930. The molecular formula is C38H70N2O4S3. The third-order valence-electron chi connectivity index (χ3n) is 8.78. The summed E-state index contributed by atoms with van der Waals surface area (Å²) in [6.45, 7) is 5.33. The highest BCUT2D eigenvalue weighted by atomic mass is 32.2. The second-order valence-corrected chi connectivity index (χ2v) is 16.4. The lowest BCUT2D eigenvalue weighted by Gasteiger charge is -2.14. The lowest BCUT2D eigenvalue weighted by atomic mass is 10.0. The monoisotopic (exact) mass is 714 g/mol. The summed E-state index contributed by atoms with van der Waals surface area (Å²) in [5, 5.41) is 6.22. The molecule has 0 saturated heterocycles. The fourth-order valence-electron chi connectivity index (χ4n) is 5.82. The Morgan fingerprint density at radius 1 is 0.617 bits per heavy atom. The van der Waals surface area contributed by atoms with Crippen LogP contribution in [0.2, 0.25) is 0 Å². The number of carbonyl (C=O) groups excluding carboxylic acids is 2. The van der Waals surface area contributed by atoms with Crippen molar-refractivity contribution in [3.05, 3.63) is 3.95 Å². The van der Waals surface area contributed by atoms with Crippen LogP contribution in [-0.2, 0) is 19.1 Å². The minimum absolute atomic E-state index is 0.0206. The molecule has 0 aliphatic carbocycles. The second kappa shape index (κ2) is 33.6. The van der Waals surface area contributed by atoms with E-state index in [9.17, 15) is 9.59 Å². The van der Waals surface area contributed by atoms with Crippen LogP contribution < -0.4 is 0 Å². The molecule has 1 N–H and O–H groups in total. The number of thioether (sulfide) groups is 1. The van der Waals surface area contributed by atoms with E-state index in [2.05, 4.69) is 24.0 Å². The topological polar surface area (TPSA) is 81.3 Å². The first-order chi connectivity index (χ1) is 23.1. The Morgan fingerprint density at radius 2 is 0.979 bits per heavy atom. The van der Waals surface area contributed by atoms with E-state index in [0.717, 1.165) is 25.7 Å². The molecule has 1 atom stereocenters. The largest absolute Gasteiger partial charge is 0.466 e. The highest BCUT2D eigenvalue weighted by molar-refractivity contribution is 8.02. The van der Waals surface area contributed by atoms with Crippen molar-refractivity contribution in [2.24, 2.45) is 0 Å². The van der Waals surface area contributed by atoms with Gasteiger partial charge in [0.05, 0.1) is 19.6 Å². The minimum Gasteiger partial charge on any atom is -0.466 e. The lowest BCUT2D eigenvalue weighted by molar-refractivity contribution is -0.149. The molecule has 0 spiro atoms. The van der Waals surface area contributed by atoms with Crippen molar-refractivity contribution in [1.82, 2.24) is 10.2 Å². The van der Waals surface area contributed by atoms with Gasteiger partial charge in [0.1, 0.15) is 5.25 Å². The fraction of sp³-hybridized carbons (Fsp3) is 0.895. The van der Waals surface area contributed by atoms with Gasteiger partial charge in [-0.05, 0) is 25.1 Å². The molecule has 9 heteroatoms. The van der Waals surface area contributed by atoms with Crippen molar-refractivity contribution in [2.75, 3.05) is 13.2 Å². The molecule has 1 rings (SSSR count). The van der Waals surface area contributed by atoms with Crippen molar-refractivity contribution < 1.29 is 19.1 Å². The Morgan fingerprint density at radius 3 is 1.34 bits per heavy atom. The zero-order valence-corrected chi connectivity index (χ0v) is 32.8. The summed E-state index contributed by atoms with van der Waals surface area (Å²) >= 11 is 7.67. The molecule has 1 aromatic rings. The third-order valence-corrected chi connectivity index (χ3v) is 11.1. The Kier molecular flexibility index (Phi) is 31.5. The SMILES string of the molecule is CCCCCCCCCCCCCCCCOC(=O)CC(Sc1n[nH]c(=S)s1)C(=O)OCCCCCCCCCCCCCCCC. The van der Waals surface area contributed by atoms with Gasteiger partial charge in [0, 0.05) is 0 Å². The number of carbonyl (C=O) groups is 2. The first-order valence-corrected chi connectivity index (χ1v) is 21.7. The summed E-state index contributed by atoms with van der Waals surface area (Å²) < 4.78 is 12.3. The average molecular weight is 715 g/mol. The van der Waals surface area contributed by atoms with Gasteiger partial charge in [-0.3, -0.25) is 14.7 Å². The van der Waals surface area contributed by atoms with Gasteiger partial charge in [0.15, 0.2) is 8.29 Å². The first-order valence-electron chi connectivity index (χ1n) is 19.6. The zero-order valence-electron chi connectivity index (χ0n) is 30.3. The molecule has 47 heavy (non-hydrogen) atoms. The molecule has 0 fully saturated rings. The van der Waals surface area contributed by atoms with E-state index in [1.807, 2.05) is 0 Å². The van der Waals surface area contributed by atoms with Gasteiger partial charge in [0.2, 0.25) is 0 Å². The van der Waals surface area contributed by atoms with Crippen molar-refractivity contribution in [3.8, 4) is 0 Å². The highest BCUT2D eigenvalue weighted by Crippen LogP contribution is 2.28. The maximum atomic E-state index is 12.9. The highest BCUT2D eigenvalue weighted by Gasteiger charge is 2.27. The predicted molar refractivity (Wildman–Crippen MR) is 204 cm³/mol. The number of unbranched alkanes of at least 4 members (excludes halogenated alkanes) is 26. The number of H-pyrrole nitrogens is 1. The van der Waals surface area contributed by atoms with Crippen molar-refractivity contribution in [1.29, 1.82) is 0 Å². The van der Waals surface area contributed by atoms with E-state index in [-0.39, 0.29) is 18.4 Å². The van der Waals surface area contributed by atoms with E-state index in [1.54, 1.807) is 0 Å². The summed E-state index contributed by atoms with van der Waals surface area (Å²) in [7, 11) is 0. The van der Waals surface area contributed by atoms with Crippen LogP contribution in [0, 0.1) is 3.95 Å². The number of rotatable bonds is 35. The molecule has 274 valence electrons. The molecule has 1 heterocycles. The van der Waals surface area contributed by atoms with E-state index >= 15 is 0 Å². The molecular weight excluding hydrogens is 645 g/mol. The van der Waals surface area contributed by atoms with Crippen molar-refractivity contribution in [3.63, 3.8) is 0 Å². The Balaban J connectivity index is 2.12. The minimum atomic E-state index is -0.681. The lowest BCUT2D eigenvalue weighted by Crippen LogP contribution is -2.25. The van der Waals surface area contributed by atoms with E-state index in [4.69, 9.17) is 21.7 Å². The van der Waals surface area contributed by atoms with Crippen LogP contribution in [0.4, 0.5) is 0 Å². The summed E-state index contributed by atoms with van der Waals surface area (Å²) in [4.78, 5) is 25.5. The van der Waals surface area contributed by atoms with Crippen LogP contribution in [0.1, 0.15) is 200 Å². The van der Waals surface area contributed by atoms with Gasteiger partial charge in [-0.1, -0.05) is 204 Å². The van der Waals surface area contributed by atoms with Crippen LogP contribution in [-0.4, -0.2) is 40.6 Å². The van der Waals surface area contributed by atoms with Crippen LogP contribution in [0.3, 0.4) is 0 Å². The number of esters is 2. The number of hydrogen-bond donors (Lipinski definition) is 1. The number of aromatic amines is 1. The normalized spacial score (nSPS) is 12.0. The number of nitrogens with one attached hydrogen (secondary N) is 1. The smallest absolute Gasteiger partial charge is 0.320 e. The summed E-state index contributed by atoms with van der Waals surface area (Å²) in [6, 6.07) is 0. The van der Waals surface area contributed by atoms with Gasteiger partial charge >= 0.3 is 11.9 Å². The summed E-state index contributed by atoms with van der Waals surface area (Å²) in [5.41, 5.74) is 0. The van der Waals surface area contributed by atoms with Gasteiger partial charge < -0.3 is 9.47 Å². The summed E-state index contributed by atoms with van der Waals surface area (Å²) in [5.74, 6) is -0.732. The van der Waals surface area contributed by atoms with Gasteiger partial charge in [-0.25, -0.2) is 0 Å². The molecule has 6 nitrogen and oxygen atoms in total. The number of nitrogens with zero attached hydrogens (tertiary/aromatic N) is 1. The van der Waals surface area contributed by atoms with Gasteiger partial charge in [-0.2, -0.15) is 5.10 Å². The predicted octanol–water partition coefficient (Wildman–Crippen LogP) is 13.1. The molecule has 1 unspecified atom stereocenters. The quantitative estimate of drug-likeness (QED) is 0.0324. The zero-order chi connectivity index (χ0) is 34.0. The molecule has 1 aromatic heterocycles. The number of hydrogen-bond acceptors (Lipinski definition) is 8. The maximum absolute atomic E-state index is 12.9. The Bertz CT molecular complexity index is 907. The standard InChI is InChI=1S/C38H70N2O4S3/c1-3-5-7-9-11-13-15-17-19-21-23-25-27-29-31-43-35(41)33-34(46-38-40-39-37(45)47-38)36(42)44-32-30-28-26-24-22-20-18-16-14-12-10-8-6-4-2/h34H,3-33H2,1-2H3,(H,39,45). The van der Waals surface area contributed by atoms with Crippen LogP contribution >= 0.6 is 35.3 Å². The van der Waals surface area contributed by atoms with Crippen molar-refractivity contribution in [2.45, 2.75) is 210 Å². The number of aromatic nitrogens is 2. The van der Waals surface area contributed by atoms with Crippen LogP contribution in [0.5, 0.6) is 0 Å². The van der Waals surface area contributed by atoms with E-state index in [0.29, 0.717) is 21.5 Å². The van der Waals surface area contributed by atoms with Gasteiger partial charge in [0.25, 0.3) is 0 Å². The molecule has 0 bridgehead atoms. The van der Waals surface area contributed by atoms with E-state index in [1.165, 1.54) is 177 Å². The molecule has 0 aliphatic heterocycles. The average Bonchev–Trinajstić information content (AvgIpc) is 3.48. The van der Waals surface area contributed by atoms with Crippen LogP contribution in [0.15, 0.2) is 4.34 Å². The van der Waals surface area contributed by atoms with E-state index < -0.39 is 5.25 Å². The second-order valence-electron chi connectivity index (χ2n) is 13.3. The molecule has 0 amide bonds. The fourth-order valence-corrected chi connectivity index (χ4v) is 8.11. The molecule has 0 aliphatic rings. The van der Waals surface area contributed by atoms with Crippen molar-refractivity contribution >= 4 is 47.3 Å². The maximum Gasteiger partial charge on any atom is 0.320 e. The first kappa shape index (κ1) is 44.1. The molecule has 0 saturated carbocycles. The number of ether oxygens (including phenoxy) is 2. The molecule has 0 radical (unpaired) electrons. The van der Waals surface area contributed by atoms with Gasteiger partial charge in [-0.15, -0.1) is 0 Å². The van der Waals surface area contributed by atoms with Crippen LogP contribution in [0.25, 0.3) is 0 Å². The molecule has 0 aromatic carbocycles. The third kappa shape index (κ3) is 28.6. The summed E-state index contributed by atoms with van der Waals surface area (Å²) in [6.07, 6.45) is 36.0.